The Bertz CT molecular complexity index is 1310. The minimum atomic E-state index is -0.832. The lowest BCUT2D eigenvalue weighted by Gasteiger charge is -2.23. The van der Waals surface area contributed by atoms with Crippen molar-refractivity contribution in [2.75, 3.05) is 6.54 Å². The highest BCUT2D eigenvalue weighted by molar-refractivity contribution is 7.18. The summed E-state index contributed by atoms with van der Waals surface area (Å²) < 4.78 is 1.04. The Hall–Kier alpha value is -4.03. The summed E-state index contributed by atoms with van der Waals surface area (Å²) in [6.45, 7) is 7.34. The van der Waals surface area contributed by atoms with E-state index in [2.05, 4.69) is 40.5 Å². The summed E-state index contributed by atoms with van der Waals surface area (Å²) in [5.41, 5.74) is 2.83. The van der Waals surface area contributed by atoms with Crippen molar-refractivity contribution in [3.63, 3.8) is 0 Å². The second-order valence-corrected chi connectivity index (χ2v) is 9.75. The summed E-state index contributed by atoms with van der Waals surface area (Å²) in [6, 6.07) is 16.1. The molecule has 37 heavy (non-hydrogen) atoms. The number of nitriles is 1. The number of fused-ring (bicyclic) bond motifs is 1. The number of carbonyl (C=O) groups excluding carboxylic acids is 3. The number of rotatable bonds is 12. The monoisotopic (exact) mass is 517 g/mol. The van der Waals surface area contributed by atoms with Gasteiger partial charge in [-0.2, -0.15) is 5.26 Å². The quantitative estimate of drug-likeness (QED) is 0.251. The molecule has 2 aromatic carbocycles. The molecule has 0 aliphatic rings. The van der Waals surface area contributed by atoms with Gasteiger partial charge in [-0.25, -0.2) is 4.98 Å². The van der Waals surface area contributed by atoms with Gasteiger partial charge in [0.1, 0.15) is 17.7 Å². The summed E-state index contributed by atoms with van der Waals surface area (Å²) in [5.74, 6) is -1.20. The van der Waals surface area contributed by atoms with Crippen LogP contribution in [0, 0.1) is 11.3 Å². The van der Waals surface area contributed by atoms with Gasteiger partial charge in [-0.15, -0.1) is 11.3 Å². The van der Waals surface area contributed by atoms with E-state index in [1.54, 1.807) is 13.0 Å². The van der Waals surface area contributed by atoms with Crippen LogP contribution in [0.1, 0.15) is 36.4 Å². The lowest BCUT2D eigenvalue weighted by molar-refractivity contribution is -0.129. The zero-order valence-corrected chi connectivity index (χ0v) is 21.9. The zero-order valence-electron chi connectivity index (χ0n) is 21.0. The van der Waals surface area contributed by atoms with Crippen molar-refractivity contribution in [3.8, 4) is 6.07 Å². The number of hydrogen-bond donors (Lipinski definition) is 3. The van der Waals surface area contributed by atoms with Crippen LogP contribution in [0.15, 0.2) is 60.7 Å². The third-order valence-electron chi connectivity index (χ3n) is 5.85. The first-order chi connectivity index (χ1) is 17.8. The van der Waals surface area contributed by atoms with Gasteiger partial charge in [0.2, 0.25) is 11.8 Å². The van der Waals surface area contributed by atoms with Crippen molar-refractivity contribution in [2.24, 2.45) is 0 Å². The lowest BCUT2D eigenvalue weighted by atomic mass is 10.0. The van der Waals surface area contributed by atoms with Gasteiger partial charge in [-0.1, -0.05) is 56.8 Å². The number of nitrogens with one attached hydrogen (secondary N) is 3. The molecule has 0 bridgehead atoms. The molecule has 1 unspecified atom stereocenters. The number of carbonyl (C=O) groups is 3. The van der Waals surface area contributed by atoms with Gasteiger partial charge in [-0.3, -0.25) is 14.4 Å². The average molecular weight is 518 g/mol. The predicted octanol–water partition coefficient (Wildman–Crippen LogP) is 3.22. The maximum Gasteiger partial charge on any atom is 0.261 e. The van der Waals surface area contributed by atoms with Crippen LogP contribution in [0.5, 0.6) is 0 Å². The second-order valence-electron chi connectivity index (χ2n) is 8.64. The van der Waals surface area contributed by atoms with E-state index < -0.39 is 18.0 Å². The molecule has 3 N–H and O–H groups in total. The fourth-order valence-electron chi connectivity index (χ4n) is 3.75. The van der Waals surface area contributed by atoms with E-state index in [0.717, 1.165) is 27.2 Å². The summed E-state index contributed by atoms with van der Waals surface area (Å²) in [7, 11) is 0. The molecule has 3 aromatic rings. The smallest absolute Gasteiger partial charge is 0.261 e. The van der Waals surface area contributed by atoms with Gasteiger partial charge < -0.3 is 16.0 Å². The number of nitrogens with zero attached hydrogens (tertiary/aromatic N) is 2. The van der Waals surface area contributed by atoms with E-state index in [9.17, 15) is 14.4 Å². The standard InChI is InChI=1S/C28H31N5O3S/c1-4-19-11-12-22-24(14-19)37-26(33-22)15-23(32-25(34)5-2)28(36)31-21(13-20-9-7-6-8-10-20)17-30-27(35)18(3)16-29/h6-12,14,21,23H,3-5,13,15,17H2,1-2H3,(H,30,35)(H,31,36)(H,32,34)/t21?,23-/m0/s1. The molecule has 0 spiro atoms. The van der Waals surface area contributed by atoms with Crippen molar-refractivity contribution in [3.05, 3.63) is 76.8 Å². The molecular weight excluding hydrogens is 486 g/mol. The van der Waals surface area contributed by atoms with E-state index in [1.165, 1.54) is 16.9 Å². The van der Waals surface area contributed by atoms with Crippen LogP contribution < -0.4 is 16.0 Å². The molecule has 0 aliphatic heterocycles. The van der Waals surface area contributed by atoms with Crippen LogP contribution in [0.25, 0.3) is 10.2 Å². The van der Waals surface area contributed by atoms with Gasteiger partial charge in [0, 0.05) is 19.4 Å². The van der Waals surface area contributed by atoms with E-state index in [0.29, 0.717) is 6.42 Å². The Morgan fingerprint density at radius 1 is 1.05 bits per heavy atom. The molecule has 3 rings (SSSR count). The van der Waals surface area contributed by atoms with Crippen LogP contribution in [0.4, 0.5) is 0 Å². The molecule has 192 valence electrons. The largest absolute Gasteiger partial charge is 0.349 e. The maximum atomic E-state index is 13.4. The van der Waals surface area contributed by atoms with Crippen molar-refractivity contribution in [2.45, 2.75) is 51.6 Å². The minimum absolute atomic E-state index is 0.0928. The first kappa shape index (κ1) is 27.6. The second kappa shape index (κ2) is 13.3. The minimum Gasteiger partial charge on any atom is -0.349 e. The van der Waals surface area contributed by atoms with Crippen molar-refractivity contribution in [1.82, 2.24) is 20.9 Å². The number of amides is 3. The normalized spacial score (nSPS) is 12.2. The molecule has 2 atom stereocenters. The van der Waals surface area contributed by atoms with Gasteiger partial charge in [0.05, 0.1) is 21.3 Å². The number of thiazole rings is 1. The average Bonchev–Trinajstić information content (AvgIpc) is 3.32. The van der Waals surface area contributed by atoms with E-state index in [4.69, 9.17) is 5.26 Å². The Morgan fingerprint density at radius 2 is 1.81 bits per heavy atom. The fourth-order valence-corrected chi connectivity index (χ4v) is 4.83. The van der Waals surface area contributed by atoms with Gasteiger partial charge >= 0.3 is 0 Å². The molecule has 1 aromatic heterocycles. The van der Waals surface area contributed by atoms with E-state index in [-0.39, 0.29) is 36.8 Å². The maximum absolute atomic E-state index is 13.4. The molecule has 0 saturated carbocycles. The Morgan fingerprint density at radius 3 is 2.49 bits per heavy atom. The number of aromatic nitrogens is 1. The molecular formula is C28H31N5O3S. The first-order valence-corrected chi connectivity index (χ1v) is 13.0. The zero-order chi connectivity index (χ0) is 26.8. The van der Waals surface area contributed by atoms with Crippen molar-refractivity contribution < 1.29 is 14.4 Å². The molecule has 0 radical (unpaired) electrons. The first-order valence-electron chi connectivity index (χ1n) is 12.2. The third kappa shape index (κ3) is 7.98. The topological polar surface area (TPSA) is 124 Å². The van der Waals surface area contributed by atoms with Gasteiger partial charge in [0.15, 0.2) is 0 Å². The van der Waals surface area contributed by atoms with Crippen LogP contribution in [0.3, 0.4) is 0 Å². The van der Waals surface area contributed by atoms with Crippen LogP contribution in [-0.4, -0.2) is 41.3 Å². The summed E-state index contributed by atoms with van der Waals surface area (Å²) in [4.78, 5) is 42.5. The number of aryl methyl sites for hydroxylation is 1. The fraction of sp³-hybridized carbons (Fsp3) is 0.321. The highest BCUT2D eigenvalue weighted by Crippen LogP contribution is 2.24. The van der Waals surface area contributed by atoms with E-state index in [1.807, 2.05) is 42.5 Å². The Labute approximate surface area is 220 Å². The summed E-state index contributed by atoms with van der Waals surface area (Å²) in [5, 5.41) is 18.1. The molecule has 9 heteroatoms. The summed E-state index contributed by atoms with van der Waals surface area (Å²) >= 11 is 1.51. The molecule has 1 heterocycles. The highest BCUT2D eigenvalue weighted by Gasteiger charge is 2.25. The highest BCUT2D eigenvalue weighted by atomic mass is 32.1. The third-order valence-corrected chi connectivity index (χ3v) is 6.89. The molecule has 0 saturated heterocycles. The molecule has 3 amide bonds. The molecule has 8 nitrogen and oxygen atoms in total. The van der Waals surface area contributed by atoms with Gasteiger partial charge in [-0.05, 0) is 36.1 Å². The van der Waals surface area contributed by atoms with Crippen LogP contribution in [-0.2, 0) is 33.6 Å². The van der Waals surface area contributed by atoms with Gasteiger partial charge in [0.25, 0.3) is 5.91 Å². The number of benzene rings is 2. The lowest BCUT2D eigenvalue weighted by Crippen LogP contribution is -2.53. The Balaban J connectivity index is 1.79. The molecule has 0 fully saturated rings. The van der Waals surface area contributed by atoms with Crippen LogP contribution >= 0.6 is 11.3 Å². The van der Waals surface area contributed by atoms with Crippen molar-refractivity contribution >= 4 is 39.3 Å². The van der Waals surface area contributed by atoms with E-state index >= 15 is 0 Å². The predicted molar refractivity (Wildman–Crippen MR) is 145 cm³/mol. The van der Waals surface area contributed by atoms with Crippen LogP contribution in [0.2, 0.25) is 0 Å². The van der Waals surface area contributed by atoms with Crippen molar-refractivity contribution in [1.29, 1.82) is 5.26 Å². The summed E-state index contributed by atoms with van der Waals surface area (Å²) in [6.07, 6.45) is 1.85. The Kier molecular flexibility index (Phi) is 9.92. The number of hydrogen-bond acceptors (Lipinski definition) is 6. The molecule has 0 aliphatic carbocycles. The SMILES string of the molecule is C=C(C#N)C(=O)NCC(Cc1ccccc1)NC(=O)[C@H](Cc1nc2ccc(CC)cc2s1)NC(=O)CC.